The maximum atomic E-state index is 2.49. The average molecular weight is 236 g/mol. The van der Waals surface area contributed by atoms with Gasteiger partial charge in [0, 0.05) is 0 Å². The van der Waals surface area contributed by atoms with Crippen LogP contribution in [-0.4, -0.2) is 0 Å². The zero-order chi connectivity index (χ0) is 12.4. The predicted molar refractivity (Wildman–Crippen MR) is 76.0 cm³/mol. The monoisotopic (exact) mass is 236 g/mol. The molecule has 0 amide bonds. The van der Waals surface area contributed by atoms with Crippen LogP contribution in [-0.2, 0) is 0 Å². The van der Waals surface area contributed by atoms with Gasteiger partial charge >= 0.3 is 0 Å². The Morgan fingerprint density at radius 3 is 2.06 bits per heavy atom. The second-order valence-electron chi connectivity index (χ2n) is 7.57. The van der Waals surface area contributed by atoms with E-state index in [0.29, 0.717) is 0 Å². The van der Waals surface area contributed by atoms with Crippen LogP contribution < -0.4 is 0 Å². The van der Waals surface area contributed by atoms with Crippen molar-refractivity contribution in [1.82, 2.24) is 0 Å². The summed E-state index contributed by atoms with van der Waals surface area (Å²) in [5.74, 6) is 6.09. The molecule has 2 aliphatic carbocycles. The van der Waals surface area contributed by atoms with Crippen molar-refractivity contribution in [2.45, 2.75) is 72.6 Å². The van der Waals surface area contributed by atoms with Crippen LogP contribution in [0.15, 0.2) is 0 Å². The summed E-state index contributed by atoms with van der Waals surface area (Å²) in [5, 5.41) is 0. The number of rotatable bonds is 3. The Labute approximate surface area is 109 Å². The summed E-state index contributed by atoms with van der Waals surface area (Å²) < 4.78 is 0. The first-order valence-corrected chi connectivity index (χ1v) is 8.06. The van der Waals surface area contributed by atoms with Gasteiger partial charge in [0.25, 0.3) is 0 Å². The molecule has 2 rings (SSSR count). The summed E-state index contributed by atoms with van der Waals surface area (Å²) in [6.45, 7) is 9.76. The maximum absolute atomic E-state index is 2.49. The molecule has 0 saturated heterocycles. The molecule has 2 fully saturated rings. The summed E-state index contributed by atoms with van der Waals surface area (Å²) in [6, 6.07) is 0. The van der Waals surface area contributed by atoms with Crippen LogP contribution in [0.5, 0.6) is 0 Å². The molecular weight excluding hydrogens is 204 g/mol. The van der Waals surface area contributed by atoms with Crippen LogP contribution >= 0.6 is 0 Å². The van der Waals surface area contributed by atoms with Gasteiger partial charge in [0.15, 0.2) is 0 Å². The van der Waals surface area contributed by atoms with Gasteiger partial charge in [-0.05, 0) is 67.6 Å². The van der Waals surface area contributed by atoms with Gasteiger partial charge in [0.05, 0.1) is 0 Å². The van der Waals surface area contributed by atoms with Crippen molar-refractivity contribution in [3.63, 3.8) is 0 Å². The summed E-state index contributed by atoms with van der Waals surface area (Å²) in [5.41, 5.74) is 0. The van der Waals surface area contributed by atoms with E-state index in [4.69, 9.17) is 0 Å². The number of hydrogen-bond acceptors (Lipinski definition) is 0. The third-order valence-corrected chi connectivity index (χ3v) is 5.75. The minimum Gasteiger partial charge on any atom is -0.0625 e. The Morgan fingerprint density at radius 1 is 0.941 bits per heavy atom. The fourth-order valence-corrected chi connectivity index (χ4v) is 4.52. The number of hydrogen-bond donors (Lipinski definition) is 0. The molecule has 0 spiro atoms. The van der Waals surface area contributed by atoms with Crippen molar-refractivity contribution in [1.29, 1.82) is 0 Å². The molecule has 0 aromatic heterocycles. The smallest absolute Gasteiger partial charge is 0.0383 e. The zero-order valence-corrected chi connectivity index (χ0v) is 12.4. The van der Waals surface area contributed by atoms with E-state index in [1.807, 2.05) is 0 Å². The SMILES string of the molecule is CC1CC(C)C(CC2CCC(C(C)C)CC2)C1. The van der Waals surface area contributed by atoms with E-state index in [-0.39, 0.29) is 0 Å². The Balaban J connectivity index is 1.74. The van der Waals surface area contributed by atoms with E-state index in [1.54, 1.807) is 6.42 Å². The van der Waals surface area contributed by atoms with Gasteiger partial charge in [-0.1, -0.05) is 40.5 Å². The van der Waals surface area contributed by atoms with Crippen LogP contribution in [0.25, 0.3) is 0 Å². The van der Waals surface area contributed by atoms with E-state index in [0.717, 1.165) is 35.5 Å². The molecule has 0 heterocycles. The lowest BCUT2D eigenvalue weighted by Crippen LogP contribution is -2.21. The summed E-state index contributed by atoms with van der Waals surface area (Å²) >= 11 is 0. The van der Waals surface area contributed by atoms with Gasteiger partial charge < -0.3 is 0 Å². The molecule has 0 aromatic rings. The fraction of sp³-hybridized carbons (Fsp3) is 1.00. The third-order valence-electron chi connectivity index (χ3n) is 5.75. The van der Waals surface area contributed by atoms with Crippen LogP contribution in [0.3, 0.4) is 0 Å². The molecule has 0 radical (unpaired) electrons. The first-order valence-electron chi connectivity index (χ1n) is 8.06. The quantitative estimate of drug-likeness (QED) is 0.605. The Bertz CT molecular complexity index is 222. The van der Waals surface area contributed by atoms with Crippen molar-refractivity contribution in [3.05, 3.63) is 0 Å². The summed E-state index contributed by atoms with van der Waals surface area (Å²) in [4.78, 5) is 0. The van der Waals surface area contributed by atoms with E-state index in [1.165, 1.54) is 38.5 Å². The lowest BCUT2D eigenvalue weighted by Gasteiger charge is -2.32. The van der Waals surface area contributed by atoms with E-state index in [9.17, 15) is 0 Å². The molecule has 0 aliphatic heterocycles. The van der Waals surface area contributed by atoms with Crippen molar-refractivity contribution in [2.24, 2.45) is 35.5 Å². The van der Waals surface area contributed by atoms with Crippen molar-refractivity contribution in [3.8, 4) is 0 Å². The molecule has 0 bridgehead atoms. The van der Waals surface area contributed by atoms with E-state index < -0.39 is 0 Å². The van der Waals surface area contributed by atoms with Crippen molar-refractivity contribution < 1.29 is 0 Å². The third kappa shape index (κ3) is 3.48. The van der Waals surface area contributed by atoms with Crippen LogP contribution in [0.4, 0.5) is 0 Å². The maximum Gasteiger partial charge on any atom is -0.0383 e. The van der Waals surface area contributed by atoms with Gasteiger partial charge in [-0.3, -0.25) is 0 Å². The molecule has 0 N–H and O–H groups in total. The normalized spacial score (nSPS) is 43.2. The molecule has 0 aromatic carbocycles. The molecule has 17 heavy (non-hydrogen) atoms. The molecule has 0 heteroatoms. The topological polar surface area (TPSA) is 0 Å². The minimum atomic E-state index is 0.918. The fourth-order valence-electron chi connectivity index (χ4n) is 4.52. The lowest BCUT2D eigenvalue weighted by molar-refractivity contribution is 0.189. The predicted octanol–water partition coefficient (Wildman–Crippen LogP) is 5.52. The molecule has 3 unspecified atom stereocenters. The minimum absolute atomic E-state index is 0.918. The Kier molecular flexibility index (Phi) is 4.55. The van der Waals surface area contributed by atoms with E-state index in [2.05, 4.69) is 27.7 Å². The molecule has 100 valence electrons. The van der Waals surface area contributed by atoms with Crippen molar-refractivity contribution >= 4 is 0 Å². The highest BCUT2D eigenvalue weighted by Crippen LogP contribution is 2.43. The summed E-state index contributed by atoms with van der Waals surface area (Å²) in [6.07, 6.45) is 10.6. The van der Waals surface area contributed by atoms with Gasteiger partial charge in [-0.25, -0.2) is 0 Å². The first kappa shape index (κ1) is 13.4. The first-order chi connectivity index (χ1) is 8.06. The van der Waals surface area contributed by atoms with Crippen molar-refractivity contribution in [2.75, 3.05) is 0 Å². The van der Waals surface area contributed by atoms with Gasteiger partial charge in [0.2, 0.25) is 0 Å². The highest BCUT2D eigenvalue weighted by atomic mass is 14.4. The standard InChI is InChI=1S/C17H32/c1-12(2)16-7-5-15(6-8-16)11-17-10-13(3)9-14(17)4/h12-17H,5-11H2,1-4H3. The summed E-state index contributed by atoms with van der Waals surface area (Å²) in [7, 11) is 0. The molecule has 3 atom stereocenters. The second-order valence-corrected chi connectivity index (χ2v) is 7.57. The largest absolute Gasteiger partial charge is 0.0625 e. The lowest BCUT2D eigenvalue weighted by atomic mass is 9.73. The highest BCUT2D eigenvalue weighted by molar-refractivity contribution is 4.83. The van der Waals surface area contributed by atoms with Gasteiger partial charge in [-0.15, -0.1) is 0 Å². The van der Waals surface area contributed by atoms with E-state index >= 15 is 0 Å². The average Bonchev–Trinajstić information content (AvgIpc) is 2.58. The van der Waals surface area contributed by atoms with Gasteiger partial charge in [-0.2, -0.15) is 0 Å². The van der Waals surface area contributed by atoms with Crippen LogP contribution in [0.1, 0.15) is 72.6 Å². The Morgan fingerprint density at radius 2 is 1.59 bits per heavy atom. The molecule has 2 aliphatic rings. The zero-order valence-electron chi connectivity index (χ0n) is 12.4. The molecule has 0 nitrogen and oxygen atoms in total. The Hall–Kier alpha value is 0. The van der Waals surface area contributed by atoms with Gasteiger partial charge in [0.1, 0.15) is 0 Å². The molecule has 2 saturated carbocycles. The van der Waals surface area contributed by atoms with Crippen LogP contribution in [0.2, 0.25) is 0 Å². The second kappa shape index (κ2) is 5.76. The highest BCUT2D eigenvalue weighted by Gasteiger charge is 2.32. The molecular formula is C17H32. The van der Waals surface area contributed by atoms with Crippen LogP contribution in [0, 0.1) is 35.5 Å².